The van der Waals surface area contributed by atoms with Crippen LogP contribution in [0.2, 0.25) is 0 Å². The van der Waals surface area contributed by atoms with Gasteiger partial charge in [0.15, 0.2) is 11.5 Å². The normalized spacial score (nSPS) is 14.0. The lowest BCUT2D eigenvalue weighted by Crippen LogP contribution is -2.13. The van der Waals surface area contributed by atoms with Crippen LogP contribution >= 0.6 is 0 Å². The summed E-state index contributed by atoms with van der Waals surface area (Å²) in [6, 6.07) is 12.2. The number of benzene rings is 2. The Hall–Kier alpha value is -2.21. The van der Waals surface area contributed by atoms with Gasteiger partial charge in [-0.25, -0.2) is 8.42 Å². The highest BCUT2D eigenvalue weighted by atomic mass is 32.2. The maximum Gasteiger partial charge on any atom is 0.262 e. The molecule has 2 aromatic carbocycles. The van der Waals surface area contributed by atoms with E-state index < -0.39 is 10.0 Å². The van der Waals surface area contributed by atoms with Gasteiger partial charge in [-0.1, -0.05) is 25.5 Å². The fourth-order valence-corrected chi connectivity index (χ4v) is 3.72. The Kier molecular flexibility index (Phi) is 5.48. The Morgan fingerprint density at radius 3 is 2.44 bits per heavy atom. The van der Waals surface area contributed by atoms with Crippen LogP contribution in [0.5, 0.6) is 11.5 Å². The molecule has 6 heteroatoms. The largest absolute Gasteiger partial charge is 0.490 e. The lowest BCUT2D eigenvalue weighted by atomic mass is 10.1. The zero-order valence-electron chi connectivity index (χ0n) is 14.3. The summed E-state index contributed by atoms with van der Waals surface area (Å²) in [7, 11) is -3.67. The molecule has 1 aliphatic rings. The molecule has 0 amide bonds. The summed E-state index contributed by atoms with van der Waals surface area (Å²) in [5.74, 6) is 1.05. The Morgan fingerprint density at radius 1 is 1.00 bits per heavy atom. The monoisotopic (exact) mass is 361 g/mol. The fourth-order valence-electron chi connectivity index (χ4n) is 2.65. The third-order valence-corrected chi connectivity index (χ3v) is 5.43. The van der Waals surface area contributed by atoms with Gasteiger partial charge in [0, 0.05) is 18.2 Å². The van der Waals surface area contributed by atoms with Gasteiger partial charge in [0.2, 0.25) is 0 Å². The van der Waals surface area contributed by atoms with Crippen LogP contribution in [0.25, 0.3) is 0 Å². The smallest absolute Gasteiger partial charge is 0.262 e. The van der Waals surface area contributed by atoms with Crippen molar-refractivity contribution in [3.8, 4) is 11.5 Å². The summed E-state index contributed by atoms with van der Waals surface area (Å²) < 4.78 is 39.0. The van der Waals surface area contributed by atoms with Crippen LogP contribution in [0.4, 0.5) is 5.69 Å². The van der Waals surface area contributed by atoms with Crippen LogP contribution in [0.1, 0.15) is 31.7 Å². The number of unbranched alkanes of at least 4 members (excludes halogenated alkanes) is 1. The van der Waals surface area contributed by atoms with Crippen LogP contribution in [-0.4, -0.2) is 21.6 Å². The molecule has 25 heavy (non-hydrogen) atoms. The molecule has 0 bridgehead atoms. The van der Waals surface area contributed by atoms with Crippen molar-refractivity contribution in [2.24, 2.45) is 0 Å². The van der Waals surface area contributed by atoms with Crippen molar-refractivity contribution in [3.63, 3.8) is 0 Å². The molecule has 0 saturated heterocycles. The molecule has 5 nitrogen and oxygen atoms in total. The van der Waals surface area contributed by atoms with Crippen LogP contribution in [0, 0.1) is 0 Å². The molecule has 0 spiro atoms. The zero-order chi connectivity index (χ0) is 17.7. The van der Waals surface area contributed by atoms with E-state index in [4.69, 9.17) is 9.47 Å². The van der Waals surface area contributed by atoms with E-state index >= 15 is 0 Å². The quantitative estimate of drug-likeness (QED) is 0.845. The summed E-state index contributed by atoms with van der Waals surface area (Å²) in [5.41, 5.74) is 1.76. The number of nitrogens with one attached hydrogen (secondary N) is 1. The average molecular weight is 361 g/mol. The summed E-state index contributed by atoms with van der Waals surface area (Å²) in [4.78, 5) is 0.159. The molecular weight excluding hydrogens is 338 g/mol. The Balaban J connectivity index is 1.76. The second-order valence-corrected chi connectivity index (χ2v) is 7.75. The number of sulfonamides is 1. The second-order valence-electron chi connectivity index (χ2n) is 6.06. The standard InChI is InChI=1S/C19H23NO4S/c1-2-3-5-15-6-8-16(9-7-15)20-25(21,22)17-10-11-18-19(14-17)24-13-4-12-23-18/h6-11,14,20H,2-5,12-13H2,1H3. The van der Waals surface area contributed by atoms with E-state index in [-0.39, 0.29) is 4.90 Å². The van der Waals surface area contributed by atoms with Crippen molar-refractivity contribution in [2.45, 2.75) is 37.5 Å². The fraction of sp³-hybridized carbons (Fsp3) is 0.368. The number of ether oxygens (including phenoxy) is 2. The SMILES string of the molecule is CCCCc1ccc(NS(=O)(=O)c2ccc3c(c2)OCCCO3)cc1. The van der Waals surface area contributed by atoms with Crippen molar-refractivity contribution >= 4 is 15.7 Å². The van der Waals surface area contributed by atoms with Gasteiger partial charge < -0.3 is 9.47 Å². The van der Waals surface area contributed by atoms with Crippen molar-refractivity contribution in [1.82, 2.24) is 0 Å². The maximum atomic E-state index is 12.6. The van der Waals surface area contributed by atoms with Gasteiger partial charge in [-0.2, -0.15) is 0 Å². The van der Waals surface area contributed by atoms with Crippen LogP contribution in [0.15, 0.2) is 47.4 Å². The minimum Gasteiger partial charge on any atom is -0.490 e. The summed E-state index contributed by atoms with van der Waals surface area (Å²) in [5, 5.41) is 0. The molecule has 1 N–H and O–H groups in total. The van der Waals surface area contributed by atoms with Gasteiger partial charge in [-0.05, 0) is 42.7 Å². The Morgan fingerprint density at radius 2 is 1.72 bits per heavy atom. The number of aryl methyl sites for hydroxylation is 1. The molecule has 0 fully saturated rings. The summed E-state index contributed by atoms with van der Waals surface area (Å²) in [6.45, 7) is 3.24. The maximum absolute atomic E-state index is 12.6. The topological polar surface area (TPSA) is 64.6 Å². The minimum atomic E-state index is -3.67. The van der Waals surface area contributed by atoms with Crippen LogP contribution in [0.3, 0.4) is 0 Å². The van der Waals surface area contributed by atoms with Crippen molar-refractivity contribution in [1.29, 1.82) is 0 Å². The van der Waals surface area contributed by atoms with E-state index in [1.165, 1.54) is 17.7 Å². The molecule has 0 atom stereocenters. The number of hydrogen-bond acceptors (Lipinski definition) is 4. The Labute approximate surface area is 149 Å². The average Bonchev–Trinajstić information content (AvgIpc) is 2.85. The van der Waals surface area contributed by atoms with Crippen LogP contribution in [-0.2, 0) is 16.4 Å². The zero-order valence-corrected chi connectivity index (χ0v) is 15.1. The molecule has 0 saturated carbocycles. The van der Waals surface area contributed by atoms with Gasteiger partial charge in [0.05, 0.1) is 18.1 Å². The molecule has 3 rings (SSSR count). The molecule has 0 unspecified atom stereocenters. The van der Waals surface area contributed by atoms with Gasteiger partial charge >= 0.3 is 0 Å². The first-order valence-corrected chi connectivity index (χ1v) is 10.1. The molecule has 134 valence electrons. The predicted octanol–water partition coefficient (Wildman–Crippen LogP) is 3.99. The second kappa shape index (κ2) is 7.78. The molecular formula is C19H23NO4S. The van der Waals surface area contributed by atoms with E-state index in [0.717, 1.165) is 25.7 Å². The van der Waals surface area contributed by atoms with Gasteiger partial charge in [0.1, 0.15) is 0 Å². The number of rotatable bonds is 6. The first-order valence-electron chi connectivity index (χ1n) is 8.60. The highest BCUT2D eigenvalue weighted by molar-refractivity contribution is 7.92. The van der Waals surface area contributed by atoms with E-state index in [1.54, 1.807) is 18.2 Å². The molecule has 0 aromatic heterocycles. The molecule has 2 aromatic rings. The summed E-state index contributed by atoms with van der Waals surface area (Å²) >= 11 is 0. The Bertz CT molecular complexity index is 816. The number of anilines is 1. The molecule has 1 heterocycles. The summed E-state index contributed by atoms with van der Waals surface area (Å²) in [6.07, 6.45) is 4.05. The third-order valence-electron chi connectivity index (χ3n) is 4.05. The van der Waals surface area contributed by atoms with E-state index in [0.29, 0.717) is 30.4 Å². The van der Waals surface area contributed by atoms with E-state index in [2.05, 4.69) is 11.6 Å². The first kappa shape index (κ1) is 17.6. The lowest BCUT2D eigenvalue weighted by molar-refractivity contribution is 0.297. The molecule has 0 aliphatic carbocycles. The van der Waals surface area contributed by atoms with Gasteiger partial charge in [-0.3, -0.25) is 4.72 Å². The molecule has 1 aliphatic heterocycles. The highest BCUT2D eigenvalue weighted by Crippen LogP contribution is 2.32. The molecule has 0 radical (unpaired) electrons. The van der Waals surface area contributed by atoms with Gasteiger partial charge in [-0.15, -0.1) is 0 Å². The third kappa shape index (κ3) is 4.45. The predicted molar refractivity (Wildman–Crippen MR) is 97.9 cm³/mol. The minimum absolute atomic E-state index is 0.159. The number of hydrogen-bond donors (Lipinski definition) is 1. The highest BCUT2D eigenvalue weighted by Gasteiger charge is 2.19. The van der Waals surface area contributed by atoms with E-state index in [1.807, 2.05) is 12.1 Å². The van der Waals surface area contributed by atoms with Crippen molar-refractivity contribution in [2.75, 3.05) is 17.9 Å². The lowest BCUT2D eigenvalue weighted by Gasteiger charge is -2.12. The van der Waals surface area contributed by atoms with Crippen LogP contribution < -0.4 is 14.2 Å². The number of fused-ring (bicyclic) bond motifs is 1. The van der Waals surface area contributed by atoms with E-state index in [9.17, 15) is 8.42 Å². The van der Waals surface area contributed by atoms with Crippen molar-refractivity contribution in [3.05, 3.63) is 48.0 Å². The van der Waals surface area contributed by atoms with Gasteiger partial charge in [0.25, 0.3) is 10.0 Å². The van der Waals surface area contributed by atoms with Crippen molar-refractivity contribution < 1.29 is 17.9 Å². The first-order chi connectivity index (χ1) is 12.1.